The van der Waals surface area contributed by atoms with Crippen molar-refractivity contribution < 1.29 is 14.3 Å². The summed E-state index contributed by atoms with van der Waals surface area (Å²) in [5.74, 6) is 0. The van der Waals surface area contributed by atoms with E-state index in [4.69, 9.17) is 9.47 Å². The lowest BCUT2D eigenvalue weighted by atomic mass is 9.94. The van der Waals surface area contributed by atoms with Gasteiger partial charge in [-0.2, -0.15) is 0 Å². The summed E-state index contributed by atoms with van der Waals surface area (Å²) in [6.07, 6.45) is 1.81. The molecule has 0 aromatic rings. The van der Waals surface area contributed by atoms with Gasteiger partial charge < -0.3 is 14.4 Å². The highest BCUT2D eigenvalue weighted by Crippen LogP contribution is 2.29. The molecule has 1 fully saturated rings. The summed E-state index contributed by atoms with van der Waals surface area (Å²) in [5, 5.41) is 0.734. The van der Waals surface area contributed by atoms with Crippen LogP contribution in [0.1, 0.15) is 47.5 Å². The van der Waals surface area contributed by atoms with Gasteiger partial charge in [0.25, 0.3) is 0 Å². The van der Waals surface area contributed by atoms with Gasteiger partial charge >= 0.3 is 6.09 Å². The molecule has 1 aliphatic heterocycles. The van der Waals surface area contributed by atoms with Crippen molar-refractivity contribution in [3.8, 4) is 0 Å². The number of carbonyl (C=O) groups is 1. The summed E-state index contributed by atoms with van der Waals surface area (Å²) < 4.78 is 11.5. The van der Waals surface area contributed by atoms with Crippen molar-refractivity contribution in [1.29, 1.82) is 0 Å². The third-order valence-electron chi connectivity index (χ3n) is 2.92. The predicted octanol–water partition coefficient (Wildman–Crippen LogP) is 3.58. The zero-order chi connectivity index (χ0) is 14.7. The van der Waals surface area contributed by atoms with E-state index in [2.05, 4.69) is 15.9 Å². The maximum absolute atomic E-state index is 12.1. The number of ether oxygens (including phenoxy) is 2. The van der Waals surface area contributed by atoms with Gasteiger partial charge in [0.1, 0.15) is 5.60 Å². The lowest BCUT2D eigenvalue weighted by molar-refractivity contribution is -0.101. The van der Waals surface area contributed by atoms with Gasteiger partial charge in [0.05, 0.1) is 18.2 Å². The largest absolute Gasteiger partial charge is 0.444 e. The van der Waals surface area contributed by atoms with Crippen molar-refractivity contribution in [2.45, 2.75) is 64.8 Å². The average molecular weight is 336 g/mol. The van der Waals surface area contributed by atoms with E-state index in [1.165, 1.54) is 0 Å². The minimum Gasteiger partial charge on any atom is -0.444 e. The number of carbonyl (C=O) groups excluding carboxylic acids is 1. The summed E-state index contributed by atoms with van der Waals surface area (Å²) in [7, 11) is 0. The molecule has 0 aliphatic carbocycles. The van der Waals surface area contributed by atoms with E-state index in [1.54, 1.807) is 4.90 Å². The Labute approximate surface area is 124 Å². The molecule has 19 heavy (non-hydrogen) atoms. The van der Waals surface area contributed by atoms with E-state index in [9.17, 15) is 4.79 Å². The lowest BCUT2D eigenvalue weighted by Crippen LogP contribution is -2.54. The monoisotopic (exact) mass is 335 g/mol. The number of piperidine rings is 1. The minimum absolute atomic E-state index is 0.149. The highest BCUT2D eigenvalue weighted by Gasteiger charge is 2.39. The van der Waals surface area contributed by atoms with Crippen molar-refractivity contribution in [2.75, 3.05) is 18.4 Å². The molecule has 0 N–H and O–H groups in total. The molecular weight excluding hydrogens is 310 g/mol. The van der Waals surface area contributed by atoms with Crippen LogP contribution in [-0.4, -0.2) is 46.7 Å². The quantitative estimate of drug-likeness (QED) is 0.740. The average Bonchev–Trinajstić information content (AvgIpc) is 2.26. The molecule has 0 radical (unpaired) electrons. The molecule has 112 valence electrons. The van der Waals surface area contributed by atoms with Gasteiger partial charge in [0, 0.05) is 11.9 Å². The molecule has 0 bridgehead atoms. The van der Waals surface area contributed by atoms with Crippen LogP contribution in [0.25, 0.3) is 0 Å². The Hall–Kier alpha value is -0.290. The first-order chi connectivity index (χ1) is 8.67. The van der Waals surface area contributed by atoms with Crippen molar-refractivity contribution in [3.05, 3.63) is 0 Å². The summed E-state index contributed by atoms with van der Waals surface area (Å²) in [4.78, 5) is 13.9. The number of halogens is 1. The molecule has 1 atom stereocenters. The van der Waals surface area contributed by atoms with Crippen molar-refractivity contribution in [2.24, 2.45) is 0 Å². The number of hydrogen-bond acceptors (Lipinski definition) is 3. The zero-order valence-electron chi connectivity index (χ0n) is 12.7. The Kier molecular flexibility index (Phi) is 5.68. The molecule has 1 saturated heterocycles. The van der Waals surface area contributed by atoms with Crippen LogP contribution in [-0.2, 0) is 9.47 Å². The Balaban J connectivity index is 2.69. The molecule has 5 heteroatoms. The fourth-order valence-corrected chi connectivity index (χ4v) is 2.91. The molecule has 1 heterocycles. The molecular formula is C14H26BrNO3. The van der Waals surface area contributed by atoms with E-state index >= 15 is 0 Å². The van der Waals surface area contributed by atoms with Crippen molar-refractivity contribution >= 4 is 22.0 Å². The fourth-order valence-electron chi connectivity index (χ4n) is 2.32. The Morgan fingerprint density at radius 2 is 2.05 bits per heavy atom. The first-order valence-corrected chi connectivity index (χ1v) is 8.01. The maximum atomic E-state index is 12.1. The molecule has 0 aromatic carbocycles. The van der Waals surface area contributed by atoms with Gasteiger partial charge in [-0.1, -0.05) is 15.9 Å². The lowest BCUT2D eigenvalue weighted by Gasteiger charge is -2.42. The van der Waals surface area contributed by atoms with E-state index in [0.717, 1.165) is 24.7 Å². The first kappa shape index (κ1) is 16.8. The summed E-state index contributed by atoms with van der Waals surface area (Å²) >= 11 is 3.53. The SMILES string of the molecule is CC(C)OC1(CBr)CCCN(C(=O)OC(C)(C)C)C1. The number of likely N-dealkylation sites (tertiary alicyclic amines) is 1. The standard InChI is InChI=1S/C14H26BrNO3/c1-11(2)18-14(9-15)7-6-8-16(10-14)12(17)19-13(3,4)5/h11H,6-10H2,1-5H3. The summed E-state index contributed by atoms with van der Waals surface area (Å²) in [6.45, 7) is 11.0. The van der Waals surface area contributed by atoms with Crippen LogP contribution in [0.2, 0.25) is 0 Å². The van der Waals surface area contributed by atoms with Crippen LogP contribution in [0.15, 0.2) is 0 Å². The number of rotatable bonds is 3. The van der Waals surface area contributed by atoms with Gasteiger partial charge in [0.15, 0.2) is 0 Å². The highest BCUT2D eigenvalue weighted by atomic mass is 79.9. The second-order valence-electron chi connectivity index (χ2n) is 6.49. The predicted molar refractivity (Wildman–Crippen MR) is 79.8 cm³/mol. The number of hydrogen-bond donors (Lipinski definition) is 0. The van der Waals surface area contributed by atoms with Gasteiger partial charge in [-0.3, -0.25) is 0 Å². The third kappa shape index (κ3) is 5.30. The molecule has 1 amide bonds. The minimum atomic E-state index is -0.454. The van der Waals surface area contributed by atoms with Gasteiger partial charge in [-0.25, -0.2) is 4.79 Å². The van der Waals surface area contributed by atoms with Crippen LogP contribution in [0.3, 0.4) is 0 Å². The van der Waals surface area contributed by atoms with Gasteiger partial charge in [-0.15, -0.1) is 0 Å². The van der Waals surface area contributed by atoms with Gasteiger partial charge in [0.2, 0.25) is 0 Å². The third-order valence-corrected chi connectivity index (χ3v) is 3.94. The first-order valence-electron chi connectivity index (χ1n) is 6.89. The van der Waals surface area contributed by atoms with Crippen LogP contribution in [0, 0.1) is 0 Å². The number of amides is 1. The van der Waals surface area contributed by atoms with Crippen LogP contribution < -0.4 is 0 Å². The smallest absolute Gasteiger partial charge is 0.410 e. The second kappa shape index (κ2) is 6.44. The Morgan fingerprint density at radius 1 is 1.42 bits per heavy atom. The molecule has 0 aromatic heterocycles. The second-order valence-corrected chi connectivity index (χ2v) is 7.05. The summed E-state index contributed by atoms with van der Waals surface area (Å²) in [5.41, 5.74) is -0.742. The van der Waals surface area contributed by atoms with Crippen LogP contribution in [0.4, 0.5) is 4.79 Å². The van der Waals surface area contributed by atoms with E-state index in [1.807, 2.05) is 34.6 Å². The molecule has 4 nitrogen and oxygen atoms in total. The highest BCUT2D eigenvalue weighted by molar-refractivity contribution is 9.09. The van der Waals surface area contributed by atoms with Crippen molar-refractivity contribution in [1.82, 2.24) is 4.90 Å². The number of alkyl halides is 1. The van der Waals surface area contributed by atoms with Crippen LogP contribution >= 0.6 is 15.9 Å². The van der Waals surface area contributed by atoms with Crippen LogP contribution in [0.5, 0.6) is 0 Å². The topological polar surface area (TPSA) is 38.8 Å². The van der Waals surface area contributed by atoms with E-state index in [-0.39, 0.29) is 17.8 Å². The zero-order valence-corrected chi connectivity index (χ0v) is 14.2. The summed E-state index contributed by atoms with van der Waals surface area (Å²) in [6, 6.07) is 0. The number of nitrogens with zero attached hydrogens (tertiary/aromatic N) is 1. The normalized spacial score (nSPS) is 24.7. The molecule has 1 unspecified atom stereocenters. The van der Waals surface area contributed by atoms with Crippen molar-refractivity contribution in [3.63, 3.8) is 0 Å². The molecule has 0 spiro atoms. The van der Waals surface area contributed by atoms with Gasteiger partial charge in [-0.05, 0) is 47.5 Å². The molecule has 1 rings (SSSR count). The maximum Gasteiger partial charge on any atom is 0.410 e. The molecule has 1 aliphatic rings. The van der Waals surface area contributed by atoms with E-state index in [0.29, 0.717) is 6.54 Å². The Bertz CT molecular complexity index is 314. The fraction of sp³-hybridized carbons (Fsp3) is 0.929. The Morgan fingerprint density at radius 3 is 2.53 bits per heavy atom. The van der Waals surface area contributed by atoms with E-state index < -0.39 is 5.60 Å². The molecule has 0 saturated carbocycles.